The molecule has 1 amide bonds. The van der Waals surface area contributed by atoms with Gasteiger partial charge in [0, 0.05) is 25.7 Å². The van der Waals surface area contributed by atoms with Gasteiger partial charge in [0.05, 0.1) is 0 Å². The van der Waals surface area contributed by atoms with Crippen molar-refractivity contribution < 1.29 is 14.3 Å². The molecule has 0 aromatic heterocycles. The second-order valence-corrected chi connectivity index (χ2v) is 4.90. The molecule has 1 aliphatic rings. The van der Waals surface area contributed by atoms with Crippen LogP contribution in [0.3, 0.4) is 0 Å². The third kappa shape index (κ3) is 3.34. The lowest BCUT2D eigenvalue weighted by atomic mass is 10.0. The minimum Gasteiger partial charge on any atom is -0.618 e. The van der Waals surface area contributed by atoms with Crippen molar-refractivity contribution in [1.29, 1.82) is 0 Å². The van der Waals surface area contributed by atoms with Gasteiger partial charge in [0.2, 0.25) is 11.4 Å². The highest BCUT2D eigenvalue weighted by atomic mass is 16.6. The SMILES string of the molecule is C=C1C=CC=C(OC(=O)N(C)C)/C1=[N+](\[O-])c1ccccc1N=O. The van der Waals surface area contributed by atoms with Crippen LogP contribution in [0, 0.1) is 10.1 Å². The highest BCUT2D eigenvalue weighted by Crippen LogP contribution is 2.29. The molecule has 0 heterocycles. The van der Waals surface area contributed by atoms with Gasteiger partial charge >= 0.3 is 6.09 Å². The maximum absolute atomic E-state index is 12.7. The average molecular weight is 313 g/mol. The zero-order valence-corrected chi connectivity index (χ0v) is 12.7. The zero-order chi connectivity index (χ0) is 17.0. The number of carbonyl (C=O) groups is 1. The average Bonchev–Trinajstić information content (AvgIpc) is 2.54. The number of nitrogens with zero attached hydrogens (tertiary/aromatic N) is 3. The van der Waals surface area contributed by atoms with Crippen LogP contribution in [0.1, 0.15) is 0 Å². The predicted octanol–water partition coefficient (Wildman–Crippen LogP) is 3.38. The topological polar surface area (TPSA) is 85.0 Å². The van der Waals surface area contributed by atoms with Gasteiger partial charge in [-0.1, -0.05) is 24.8 Å². The molecule has 0 atom stereocenters. The van der Waals surface area contributed by atoms with E-state index in [0.717, 1.165) is 0 Å². The van der Waals surface area contributed by atoms with Crippen LogP contribution >= 0.6 is 0 Å². The zero-order valence-electron chi connectivity index (χ0n) is 12.7. The van der Waals surface area contributed by atoms with Crippen LogP contribution in [0.5, 0.6) is 0 Å². The fraction of sp³-hybridized carbons (Fsp3) is 0.125. The first-order valence-electron chi connectivity index (χ1n) is 6.69. The Bertz CT molecular complexity index is 760. The van der Waals surface area contributed by atoms with Gasteiger partial charge in [-0.3, -0.25) is 0 Å². The second kappa shape index (κ2) is 6.69. The van der Waals surface area contributed by atoms with Gasteiger partial charge in [0.15, 0.2) is 5.69 Å². The molecule has 0 saturated carbocycles. The molecule has 7 nitrogen and oxygen atoms in total. The molecule has 0 N–H and O–H groups in total. The highest BCUT2D eigenvalue weighted by molar-refractivity contribution is 6.12. The van der Waals surface area contributed by atoms with Gasteiger partial charge in [0.25, 0.3) is 5.71 Å². The summed E-state index contributed by atoms with van der Waals surface area (Å²) in [6.45, 7) is 3.78. The van der Waals surface area contributed by atoms with Crippen molar-refractivity contribution in [3.05, 3.63) is 70.5 Å². The van der Waals surface area contributed by atoms with E-state index in [9.17, 15) is 14.9 Å². The minimum absolute atomic E-state index is 0.0179. The quantitative estimate of drug-likeness (QED) is 0.370. The number of nitroso groups, excluding NO2 is 1. The maximum atomic E-state index is 12.7. The fourth-order valence-corrected chi connectivity index (χ4v) is 1.90. The number of ether oxygens (including phenoxy) is 1. The van der Waals surface area contributed by atoms with E-state index in [1.807, 2.05) is 0 Å². The summed E-state index contributed by atoms with van der Waals surface area (Å²) < 4.78 is 5.68. The van der Waals surface area contributed by atoms with Gasteiger partial charge in [-0.2, -0.15) is 4.74 Å². The summed E-state index contributed by atoms with van der Waals surface area (Å²) in [5, 5.41) is 15.5. The number of para-hydroxylation sites is 1. The van der Waals surface area contributed by atoms with Crippen LogP contribution in [0.15, 0.2) is 65.6 Å². The first kappa shape index (κ1) is 16.2. The number of carbonyl (C=O) groups excluding carboxylic acids is 1. The third-order valence-corrected chi connectivity index (χ3v) is 3.05. The van der Waals surface area contributed by atoms with E-state index in [0.29, 0.717) is 10.3 Å². The molecular weight excluding hydrogens is 298 g/mol. The van der Waals surface area contributed by atoms with E-state index in [2.05, 4.69) is 11.8 Å². The summed E-state index contributed by atoms with van der Waals surface area (Å²) in [6.07, 6.45) is 4.06. The van der Waals surface area contributed by atoms with Crippen molar-refractivity contribution in [2.45, 2.75) is 0 Å². The molecule has 0 unspecified atom stereocenters. The Hall–Kier alpha value is -3.22. The Morgan fingerprint density at radius 3 is 2.70 bits per heavy atom. The first-order valence-corrected chi connectivity index (χ1v) is 6.69. The molecule has 0 radical (unpaired) electrons. The van der Waals surface area contributed by atoms with Crippen molar-refractivity contribution in [2.75, 3.05) is 14.1 Å². The predicted molar refractivity (Wildman–Crippen MR) is 86.7 cm³/mol. The molecule has 1 aliphatic carbocycles. The number of amides is 1. The molecule has 23 heavy (non-hydrogen) atoms. The van der Waals surface area contributed by atoms with E-state index in [1.54, 1.807) is 24.3 Å². The smallest absolute Gasteiger partial charge is 0.414 e. The maximum Gasteiger partial charge on any atom is 0.414 e. The summed E-state index contributed by atoms with van der Waals surface area (Å²) in [4.78, 5) is 23.9. The largest absolute Gasteiger partial charge is 0.618 e. The van der Waals surface area contributed by atoms with Gasteiger partial charge in [-0.15, -0.1) is 4.91 Å². The summed E-state index contributed by atoms with van der Waals surface area (Å²) in [5.74, 6) is 0.0481. The van der Waals surface area contributed by atoms with Crippen LogP contribution in [0.4, 0.5) is 16.2 Å². The lowest BCUT2D eigenvalue weighted by molar-refractivity contribution is -0.359. The van der Waals surface area contributed by atoms with E-state index >= 15 is 0 Å². The van der Waals surface area contributed by atoms with Crippen molar-refractivity contribution in [3.8, 4) is 0 Å². The molecule has 1 aromatic carbocycles. The van der Waals surface area contributed by atoms with Crippen LogP contribution in [-0.2, 0) is 4.74 Å². The monoisotopic (exact) mass is 313 g/mol. The normalized spacial score (nSPS) is 15.7. The Balaban J connectivity index is 2.53. The number of rotatable bonds is 3. The number of hydrogen-bond acceptors (Lipinski definition) is 5. The van der Waals surface area contributed by atoms with Gasteiger partial charge in [-0.25, -0.2) is 4.79 Å². The van der Waals surface area contributed by atoms with Crippen LogP contribution in [0.25, 0.3) is 0 Å². The molecular formula is C16H15N3O4. The minimum atomic E-state index is -0.632. The first-order chi connectivity index (χ1) is 11.0. The molecule has 0 spiro atoms. The number of benzene rings is 1. The summed E-state index contributed by atoms with van der Waals surface area (Å²) in [6, 6.07) is 6.07. The van der Waals surface area contributed by atoms with Crippen molar-refractivity contribution in [1.82, 2.24) is 4.90 Å². The summed E-state index contributed by atoms with van der Waals surface area (Å²) in [7, 11) is 3.05. The molecule has 0 saturated heterocycles. The van der Waals surface area contributed by atoms with E-state index < -0.39 is 6.09 Å². The van der Waals surface area contributed by atoms with Gasteiger partial charge < -0.3 is 14.8 Å². The lowest BCUT2D eigenvalue weighted by Gasteiger charge is -2.17. The van der Waals surface area contributed by atoms with Crippen molar-refractivity contribution in [3.63, 3.8) is 0 Å². The molecule has 0 fully saturated rings. The Kier molecular flexibility index (Phi) is 4.70. The Labute approximate surface area is 133 Å². The molecule has 118 valence electrons. The van der Waals surface area contributed by atoms with E-state index in [-0.39, 0.29) is 22.8 Å². The van der Waals surface area contributed by atoms with Gasteiger partial charge in [-0.05, 0) is 23.4 Å². The Morgan fingerprint density at radius 2 is 2.04 bits per heavy atom. The molecule has 7 heteroatoms. The standard InChI is InChI=1S/C16H15N3O4/c1-11-7-6-10-14(23-16(20)18(2)3)15(11)19(22)13-9-5-4-8-12(13)17-21/h4-10H,1H2,2-3H3/b19-15-. The molecule has 1 aromatic rings. The molecule has 0 bridgehead atoms. The number of hydrogen-bond donors (Lipinski definition) is 0. The van der Waals surface area contributed by atoms with E-state index in [4.69, 9.17) is 4.74 Å². The lowest BCUT2D eigenvalue weighted by Crippen LogP contribution is -2.27. The Morgan fingerprint density at radius 1 is 1.35 bits per heavy atom. The van der Waals surface area contributed by atoms with Crippen molar-refractivity contribution >= 4 is 23.2 Å². The fourth-order valence-electron chi connectivity index (χ4n) is 1.90. The van der Waals surface area contributed by atoms with Crippen LogP contribution in [0.2, 0.25) is 0 Å². The van der Waals surface area contributed by atoms with E-state index in [1.165, 1.54) is 37.2 Å². The summed E-state index contributed by atoms with van der Waals surface area (Å²) >= 11 is 0. The summed E-state index contributed by atoms with van der Waals surface area (Å²) in [5.41, 5.74) is 0.417. The van der Waals surface area contributed by atoms with Crippen LogP contribution < -0.4 is 0 Å². The van der Waals surface area contributed by atoms with Crippen LogP contribution in [-0.4, -0.2) is 35.5 Å². The molecule has 0 aliphatic heterocycles. The van der Waals surface area contributed by atoms with Gasteiger partial charge in [0.1, 0.15) is 0 Å². The highest BCUT2D eigenvalue weighted by Gasteiger charge is 2.27. The third-order valence-electron chi connectivity index (χ3n) is 3.05. The number of allylic oxidation sites excluding steroid dienone is 4. The second-order valence-electron chi connectivity index (χ2n) is 4.90. The molecule has 2 rings (SSSR count). The van der Waals surface area contributed by atoms with Crippen molar-refractivity contribution in [2.24, 2.45) is 5.18 Å².